The fraction of sp³-hybridized carbons (Fsp3) is 0.800. The fourth-order valence-electron chi connectivity index (χ4n) is 2.74. The van der Waals surface area contributed by atoms with Crippen molar-refractivity contribution in [3.63, 3.8) is 0 Å². The van der Waals surface area contributed by atoms with Crippen LogP contribution in [0.1, 0.15) is 39.5 Å². The van der Waals surface area contributed by atoms with Crippen LogP contribution in [0.4, 0.5) is 0 Å². The van der Waals surface area contributed by atoms with Crippen molar-refractivity contribution >= 4 is 17.8 Å². The van der Waals surface area contributed by atoms with Crippen LogP contribution >= 0.6 is 0 Å². The van der Waals surface area contributed by atoms with Gasteiger partial charge in [0.2, 0.25) is 11.8 Å². The van der Waals surface area contributed by atoms with Crippen LogP contribution in [0.25, 0.3) is 0 Å². The summed E-state index contributed by atoms with van der Waals surface area (Å²) >= 11 is 0. The Morgan fingerprint density at radius 3 is 2.55 bits per heavy atom. The molecule has 0 aromatic rings. The van der Waals surface area contributed by atoms with Gasteiger partial charge in [0, 0.05) is 33.2 Å². The number of carboxylic acids is 1. The number of methoxy groups -OCH3 is 1. The maximum Gasteiger partial charge on any atom is 0.323 e. The van der Waals surface area contributed by atoms with Gasteiger partial charge < -0.3 is 19.6 Å². The number of ether oxygens (including phenoxy) is 1. The highest BCUT2D eigenvalue weighted by Gasteiger charge is 2.27. The Morgan fingerprint density at radius 1 is 1.32 bits per heavy atom. The molecule has 1 N–H and O–H groups in total. The Balaban J connectivity index is 2.62. The summed E-state index contributed by atoms with van der Waals surface area (Å²) in [6.07, 6.45) is 2.32. The Labute approximate surface area is 131 Å². The molecule has 0 aromatic carbocycles. The summed E-state index contributed by atoms with van der Waals surface area (Å²) < 4.78 is 5.11. The molecule has 7 nitrogen and oxygen atoms in total. The molecule has 1 fully saturated rings. The molecule has 2 amide bonds. The van der Waals surface area contributed by atoms with Gasteiger partial charge in [-0.05, 0) is 26.2 Å². The zero-order valence-electron chi connectivity index (χ0n) is 13.6. The summed E-state index contributed by atoms with van der Waals surface area (Å²) in [6, 6.07) is -0.119. The topological polar surface area (TPSA) is 87.2 Å². The first-order chi connectivity index (χ1) is 10.3. The molecule has 2 atom stereocenters. The molecular formula is C15H26N2O5. The summed E-state index contributed by atoms with van der Waals surface area (Å²) in [6.45, 7) is 4.14. The number of hydrogen-bond acceptors (Lipinski definition) is 4. The van der Waals surface area contributed by atoms with Crippen molar-refractivity contribution in [3.05, 3.63) is 0 Å². The van der Waals surface area contributed by atoms with E-state index in [2.05, 4.69) is 0 Å². The highest BCUT2D eigenvalue weighted by atomic mass is 16.5. The van der Waals surface area contributed by atoms with Gasteiger partial charge in [-0.15, -0.1) is 0 Å². The molecule has 126 valence electrons. The lowest BCUT2D eigenvalue weighted by molar-refractivity contribution is -0.145. The largest absolute Gasteiger partial charge is 0.480 e. The van der Waals surface area contributed by atoms with Crippen LogP contribution in [-0.4, -0.2) is 71.6 Å². The average molecular weight is 314 g/mol. The third-order valence-electron chi connectivity index (χ3n) is 4.07. The Bertz CT molecular complexity index is 413. The van der Waals surface area contributed by atoms with E-state index < -0.39 is 5.97 Å². The van der Waals surface area contributed by atoms with E-state index >= 15 is 0 Å². The van der Waals surface area contributed by atoms with Crippen LogP contribution in [0.15, 0.2) is 0 Å². The van der Waals surface area contributed by atoms with E-state index in [4.69, 9.17) is 9.84 Å². The van der Waals surface area contributed by atoms with Crippen molar-refractivity contribution in [2.75, 3.05) is 26.7 Å². The smallest absolute Gasteiger partial charge is 0.323 e. The number of carbonyl (C=O) groups excluding carboxylic acids is 2. The average Bonchev–Trinajstić information content (AvgIpc) is 2.69. The normalized spacial score (nSPS) is 20.1. The van der Waals surface area contributed by atoms with Crippen LogP contribution < -0.4 is 0 Å². The molecule has 0 aromatic heterocycles. The number of amides is 2. The second kappa shape index (κ2) is 8.73. The van der Waals surface area contributed by atoms with Gasteiger partial charge >= 0.3 is 5.97 Å². The number of nitrogens with zero attached hydrogens (tertiary/aromatic N) is 2. The van der Waals surface area contributed by atoms with Gasteiger partial charge in [-0.25, -0.2) is 0 Å². The molecule has 1 rings (SSSR count). The van der Waals surface area contributed by atoms with Crippen molar-refractivity contribution in [1.29, 1.82) is 0 Å². The van der Waals surface area contributed by atoms with Crippen molar-refractivity contribution in [1.82, 2.24) is 9.80 Å². The van der Waals surface area contributed by atoms with Gasteiger partial charge in [-0.3, -0.25) is 14.4 Å². The first kappa shape index (κ1) is 18.4. The van der Waals surface area contributed by atoms with Crippen LogP contribution in [0.5, 0.6) is 0 Å². The quantitative estimate of drug-likeness (QED) is 0.781. The summed E-state index contributed by atoms with van der Waals surface area (Å²) in [5, 5.41) is 8.93. The van der Waals surface area contributed by atoms with E-state index in [9.17, 15) is 14.4 Å². The van der Waals surface area contributed by atoms with Gasteiger partial charge in [0.15, 0.2) is 0 Å². The standard InChI is InChI=1S/C15H26N2O5/c1-11(22-3)9-14(19)16-7-4-5-13(6-8-16)17(12(2)18)10-15(20)21/h11,13H,4-10H2,1-3H3,(H,20,21)/t11-,13-/m1/s1. The highest BCUT2D eigenvalue weighted by Crippen LogP contribution is 2.18. The molecule has 1 aliphatic rings. The monoisotopic (exact) mass is 314 g/mol. The first-order valence-corrected chi connectivity index (χ1v) is 7.64. The number of hydrogen-bond donors (Lipinski definition) is 1. The van der Waals surface area contributed by atoms with E-state index in [0.717, 1.165) is 12.8 Å². The van der Waals surface area contributed by atoms with E-state index in [0.29, 0.717) is 25.9 Å². The van der Waals surface area contributed by atoms with E-state index in [-0.39, 0.29) is 30.5 Å². The molecule has 0 aliphatic carbocycles. The van der Waals surface area contributed by atoms with E-state index in [1.165, 1.54) is 11.8 Å². The van der Waals surface area contributed by atoms with E-state index in [1.807, 2.05) is 6.92 Å². The number of likely N-dealkylation sites (tertiary alicyclic amines) is 1. The highest BCUT2D eigenvalue weighted by molar-refractivity contribution is 5.80. The summed E-state index contributed by atoms with van der Waals surface area (Å²) in [7, 11) is 1.58. The molecule has 1 aliphatic heterocycles. The molecule has 0 radical (unpaired) electrons. The van der Waals surface area contributed by atoms with Crippen molar-refractivity contribution in [2.45, 2.75) is 51.7 Å². The molecule has 1 heterocycles. The Hall–Kier alpha value is -1.63. The summed E-state index contributed by atoms with van der Waals surface area (Å²) in [5.41, 5.74) is 0. The maximum atomic E-state index is 12.2. The lowest BCUT2D eigenvalue weighted by Gasteiger charge is -2.29. The maximum absolute atomic E-state index is 12.2. The molecule has 22 heavy (non-hydrogen) atoms. The third kappa shape index (κ3) is 5.63. The van der Waals surface area contributed by atoms with Crippen LogP contribution in [0, 0.1) is 0 Å². The lowest BCUT2D eigenvalue weighted by atomic mass is 10.1. The van der Waals surface area contributed by atoms with Gasteiger partial charge in [0.25, 0.3) is 0 Å². The SMILES string of the molecule is CO[C@H](C)CC(=O)N1CCC[C@@H](N(CC(=O)O)C(C)=O)CC1. The van der Waals surface area contributed by atoms with Crippen LogP contribution in [0.3, 0.4) is 0 Å². The minimum Gasteiger partial charge on any atom is -0.480 e. The zero-order chi connectivity index (χ0) is 16.7. The third-order valence-corrected chi connectivity index (χ3v) is 4.07. The van der Waals surface area contributed by atoms with Crippen LogP contribution in [-0.2, 0) is 19.1 Å². The second-order valence-corrected chi connectivity index (χ2v) is 5.76. The van der Waals surface area contributed by atoms with Crippen molar-refractivity contribution < 1.29 is 24.2 Å². The molecular weight excluding hydrogens is 288 g/mol. The van der Waals surface area contributed by atoms with Gasteiger partial charge in [0.05, 0.1) is 12.5 Å². The number of aliphatic carboxylic acids is 1. The van der Waals surface area contributed by atoms with Crippen molar-refractivity contribution in [3.8, 4) is 0 Å². The lowest BCUT2D eigenvalue weighted by Crippen LogP contribution is -2.43. The second-order valence-electron chi connectivity index (χ2n) is 5.76. The van der Waals surface area contributed by atoms with E-state index in [1.54, 1.807) is 12.0 Å². The Kier molecular flexibility index (Phi) is 7.31. The predicted octanol–water partition coefficient (Wildman–Crippen LogP) is 0.726. The number of carbonyl (C=O) groups is 3. The molecule has 0 spiro atoms. The summed E-state index contributed by atoms with van der Waals surface area (Å²) in [4.78, 5) is 37.9. The van der Waals surface area contributed by atoms with Crippen LogP contribution in [0.2, 0.25) is 0 Å². The zero-order valence-corrected chi connectivity index (χ0v) is 13.6. The summed E-state index contributed by atoms with van der Waals surface area (Å²) in [5.74, 6) is -1.20. The number of carboxylic acid groups (broad SMARTS) is 1. The fourth-order valence-corrected chi connectivity index (χ4v) is 2.74. The number of rotatable bonds is 6. The van der Waals surface area contributed by atoms with Gasteiger partial charge in [-0.1, -0.05) is 0 Å². The molecule has 7 heteroatoms. The first-order valence-electron chi connectivity index (χ1n) is 7.64. The molecule has 0 saturated carbocycles. The van der Waals surface area contributed by atoms with Crippen molar-refractivity contribution in [2.24, 2.45) is 0 Å². The van der Waals surface area contributed by atoms with Gasteiger partial charge in [-0.2, -0.15) is 0 Å². The van der Waals surface area contributed by atoms with Gasteiger partial charge in [0.1, 0.15) is 6.54 Å². The minimum absolute atomic E-state index is 0.0441. The molecule has 0 bridgehead atoms. The minimum atomic E-state index is -1.01. The molecule has 0 unspecified atom stereocenters. The Morgan fingerprint density at radius 2 is 2.00 bits per heavy atom. The predicted molar refractivity (Wildman–Crippen MR) is 80.3 cm³/mol. The molecule has 1 saturated heterocycles.